The molecule has 0 aliphatic carbocycles. The average Bonchev–Trinajstić information content (AvgIpc) is 2.75. The van der Waals surface area contributed by atoms with Crippen LogP contribution in [0.15, 0.2) is 36.4 Å². The van der Waals surface area contributed by atoms with Crippen molar-refractivity contribution in [2.24, 2.45) is 0 Å². The van der Waals surface area contributed by atoms with Gasteiger partial charge in [0.1, 0.15) is 11.9 Å². The van der Waals surface area contributed by atoms with Crippen LogP contribution in [-0.4, -0.2) is 44.8 Å². The predicted octanol–water partition coefficient (Wildman–Crippen LogP) is 3.33. The van der Waals surface area contributed by atoms with Gasteiger partial charge in [-0.15, -0.1) is 0 Å². The van der Waals surface area contributed by atoms with Crippen molar-refractivity contribution < 1.29 is 24.2 Å². The number of methoxy groups -OCH3 is 1. The molecule has 8 heteroatoms. The van der Waals surface area contributed by atoms with E-state index in [-0.39, 0.29) is 12.5 Å². The number of benzene rings is 2. The molecule has 0 aromatic heterocycles. The van der Waals surface area contributed by atoms with Crippen molar-refractivity contribution in [3.05, 3.63) is 58.1 Å². The van der Waals surface area contributed by atoms with Gasteiger partial charge in [-0.25, -0.2) is 0 Å². The molecule has 3 N–H and O–H groups in total. The summed E-state index contributed by atoms with van der Waals surface area (Å²) in [7, 11) is 3.30. The molecule has 30 heavy (non-hydrogen) atoms. The zero-order chi connectivity index (χ0) is 22.5. The maximum absolute atomic E-state index is 11.9. The zero-order valence-corrected chi connectivity index (χ0v) is 18.5. The molecule has 0 bridgehead atoms. The van der Waals surface area contributed by atoms with Crippen LogP contribution in [-0.2, 0) is 20.7 Å². The van der Waals surface area contributed by atoms with E-state index in [9.17, 15) is 14.7 Å². The topological polar surface area (TPSA) is 96.9 Å². The van der Waals surface area contributed by atoms with E-state index in [0.29, 0.717) is 35.8 Å². The van der Waals surface area contributed by atoms with Crippen LogP contribution in [0.25, 0.3) is 0 Å². The summed E-state index contributed by atoms with van der Waals surface area (Å²) in [4.78, 5) is 21.1. The number of hydrogen-bond acceptors (Lipinski definition) is 6. The highest BCUT2D eigenvalue weighted by molar-refractivity contribution is 6.30. The number of halogens is 1. The fraction of sp³-hybridized carbons (Fsp3) is 0.364. The maximum Gasteiger partial charge on any atom is 0.293 e. The summed E-state index contributed by atoms with van der Waals surface area (Å²) in [6.45, 7) is 4.84. The van der Waals surface area contributed by atoms with E-state index in [2.05, 4.69) is 15.4 Å². The normalized spacial score (nSPS) is 11.0. The summed E-state index contributed by atoms with van der Waals surface area (Å²) in [6, 6.07) is 10.6. The van der Waals surface area contributed by atoms with Crippen LogP contribution in [0.3, 0.4) is 0 Å². The van der Waals surface area contributed by atoms with Gasteiger partial charge >= 0.3 is 0 Å². The molecule has 0 heterocycles. The molecule has 0 radical (unpaired) electrons. The van der Waals surface area contributed by atoms with Crippen molar-refractivity contribution in [2.45, 2.75) is 26.4 Å². The van der Waals surface area contributed by atoms with E-state index in [1.165, 1.54) is 0 Å². The second-order valence-corrected chi connectivity index (χ2v) is 6.58. The van der Waals surface area contributed by atoms with Gasteiger partial charge in [0.2, 0.25) is 5.91 Å². The Hall–Kier alpha value is -2.61. The Balaban J connectivity index is 0.000000804. The third kappa shape index (κ3) is 7.33. The highest BCUT2D eigenvalue weighted by Gasteiger charge is 2.20. The Labute approximate surface area is 182 Å². The summed E-state index contributed by atoms with van der Waals surface area (Å²) in [5.41, 5.74) is 2.72. The number of anilines is 1. The smallest absolute Gasteiger partial charge is 0.293 e. The molecule has 0 saturated carbocycles. The van der Waals surface area contributed by atoms with E-state index in [0.717, 1.165) is 16.9 Å². The van der Waals surface area contributed by atoms with Crippen LogP contribution in [0.1, 0.15) is 36.6 Å². The van der Waals surface area contributed by atoms with Crippen LogP contribution in [0.4, 0.5) is 5.69 Å². The van der Waals surface area contributed by atoms with Gasteiger partial charge in [0.15, 0.2) is 0 Å². The third-order valence-electron chi connectivity index (χ3n) is 4.19. The Morgan fingerprint density at radius 3 is 2.50 bits per heavy atom. The SMILES string of the molecule is CCOC=O.CCc1c(OC)cccc1[C@@H](O)c1cc(Cl)ccc1NC(=O)CNC. The lowest BCUT2D eigenvalue weighted by Gasteiger charge is -2.20. The first-order chi connectivity index (χ1) is 14.4. The Kier molecular flexibility index (Phi) is 11.5. The molecule has 164 valence electrons. The molecule has 2 aromatic rings. The monoisotopic (exact) mass is 436 g/mol. The van der Waals surface area contributed by atoms with Gasteiger partial charge in [-0.2, -0.15) is 0 Å². The van der Waals surface area contributed by atoms with Gasteiger partial charge in [0.25, 0.3) is 6.47 Å². The number of carbonyl (C=O) groups is 2. The van der Waals surface area contributed by atoms with E-state index in [1.807, 2.05) is 25.1 Å². The molecule has 0 aliphatic heterocycles. The molecule has 1 amide bonds. The largest absolute Gasteiger partial charge is 0.496 e. The maximum atomic E-state index is 11.9. The van der Waals surface area contributed by atoms with Gasteiger partial charge in [0.05, 0.1) is 20.3 Å². The van der Waals surface area contributed by atoms with Crippen molar-refractivity contribution in [1.29, 1.82) is 0 Å². The van der Waals surface area contributed by atoms with Crippen molar-refractivity contribution in [2.75, 3.05) is 32.6 Å². The van der Waals surface area contributed by atoms with Crippen molar-refractivity contribution in [1.82, 2.24) is 5.32 Å². The van der Waals surface area contributed by atoms with Crippen LogP contribution in [0, 0.1) is 0 Å². The van der Waals surface area contributed by atoms with Gasteiger partial charge in [-0.3, -0.25) is 9.59 Å². The highest BCUT2D eigenvalue weighted by Crippen LogP contribution is 2.35. The minimum absolute atomic E-state index is 0.178. The number of rotatable bonds is 9. The second-order valence-electron chi connectivity index (χ2n) is 6.15. The van der Waals surface area contributed by atoms with E-state index < -0.39 is 6.10 Å². The number of carbonyl (C=O) groups excluding carboxylic acids is 2. The lowest BCUT2D eigenvalue weighted by molar-refractivity contribution is -0.128. The van der Waals surface area contributed by atoms with Crippen molar-refractivity contribution in [3.63, 3.8) is 0 Å². The molecule has 0 fully saturated rings. The number of amides is 1. The van der Waals surface area contributed by atoms with E-state index >= 15 is 0 Å². The number of aliphatic hydroxyl groups is 1. The van der Waals surface area contributed by atoms with Crippen molar-refractivity contribution >= 4 is 29.7 Å². The zero-order valence-electron chi connectivity index (χ0n) is 17.7. The van der Waals surface area contributed by atoms with Crippen LogP contribution in [0.2, 0.25) is 5.02 Å². The minimum Gasteiger partial charge on any atom is -0.496 e. The first-order valence-corrected chi connectivity index (χ1v) is 9.94. The summed E-state index contributed by atoms with van der Waals surface area (Å²) in [5.74, 6) is 0.529. The molecule has 2 aromatic carbocycles. The van der Waals surface area contributed by atoms with E-state index in [4.69, 9.17) is 16.3 Å². The summed E-state index contributed by atoms with van der Waals surface area (Å²) < 4.78 is 9.55. The standard InChI is InChI=1S/C19H23ClN2O3.C3H6O2/c1-4-13-14(6-5-7-17(13)25-3)19(24)15-10-12(20)8-9-16(15)22-18(23)11-21-2;1-2-5-3-4/h5-10,19,21,24H,4,11H2,1-3H3,(H,22,23);3H,2H2,1H3/t19-;/m1./s1. The number of ether oxygens (including phenoxy) is 2. The van der Waals surface area contributed by atoms with Gasteiger partial charge in [-0.05, 0) is 55.8 Å². The number of hydrogen-bond donors (Lipinski definition) is 3. The quantitative estimate of drug-likeness (QED) is 0.522. The number of aliphatic hydroxyl groups excluding tert-OH is 1. The predicted molar refractivity (Wildman–Crippen MR) is 118 cm³/mol. The fourth-order valence-electron chi connectivity index (χ4n) is 2.87. The summed E-state index contributed by atoms with van der Waals surface area (Å²) in [5, 5.41) is 17.1. The molecule has 0 saturated heterocycles. The Morgan fingerprint density at radius 2 is 1.97 bits per heavy atom. The molecule has 0 unspecified atom stereocenters. The fourth-order valence-corrected chi connectivity index (χ4v) is 3.05. The molecule has 2 rings (SSSR count). The molecular formula is C22H29ClN2O5. The average molecular weight is 437 g/mol. The molecule has 7 nitrogen and oxygen atoms in total. The molecule has 0 spiro atoms. The first-order valence-electron chi connectivity index (χ1n) is 9.56. The summed E-state index contributed by atoms with van der Waals surface area (Å²) >= 11 is 6.12. The molecule has 0 aliphatic rings. The molecular weight excluding hydrogens is 408 g/mol. The first kappa shape index (κ1) is 25.4. The highest BCUT2D eigenvalue weighted by atomic mass is 35.5. The lowest BCUT2D eigenvalue weighted by atomic mass is 9.93. The van der Waals surface area contributed by atoms with Crippen LogP contribution >= 0.6 is 11.6 Å². The lowest BCUT2D eigenvalue weighted by Crippen LogP contribution is -2.25. The van der Waals surface area contributed by atoms with Crippen molar-refractivity contribution in [3.8, 4) is 5.75 Å². The number of nitrogens with one attached hydrogen (secondary N) is 2. The second kappa shape index (κ2) is 13.6. The third-order valence-corrected chi connectivity index (χ3v) is 4.43. The van der Waals surface area contributed by atoms with Gasteiger partial charge in [0, 0.05) is 16.3 Å². The number of likely N-dealkylation sites (N-methyl/N-ethyl adjacent to an activating group) is 1. The van der Waals surface area contributed by atoms with E-state index in [1.54, 1.807) is 39.3 Å². The Bertz CT molecular complexity index is 829. The van der Waals surface area contributed by atoms with Gasteiger partial charge < -0.3 is 25.2 Å². The van der Waals surface area contributed by atoms with Gasteiger partial charge in [-0.1, -0.05) is 30.7 Å². The van der Waals surface area contributed by atoms with Crippen LogP contribution < -0.4 is 15.4 Å². The molecule has 1 atom stereocenters. The minimum atomic E-state index is -0.936. The summed E-state index contributed by atoms with van der Waals surface area (Å²) in [6.07, 6.45) is -0.230. The van der Waals surface area contributed by atoms with Crippen LogP contribution in [0.5, 0.6) is 5.75 Å². The Morgan fingerprint density at radius 1 is 1.23 bits per heavy atom.